The summed E-state index contributed by atoms with van der Waals surface area (Å²) in [6, 6.07) is 6.20. The summed E-state index contributed by atoms with van der Waals surface area (Å²) in [5.74, 6) is 1.29. The van der Waals surface area contributed by atoms with Crippen molar-refractivity contribution in [3.05, 3.63) is 40.2 Å². The number of rotatable bonds is 1. The smallest absolute Gasteiger partial charge is 0.193 e. The number of phenols is 1. The average molecular weight is 216 g/mol. The van der Waals surface area contributed by atoms with E-state index in [0.29, 0.717) is 16.9 Å². The molecule has 0 aliphatic heterocycles. The van der Waals surface area contributed by atoms with Crippen LogP contribution in [0, 0.1) is 0 Å². The Balaban J connectivity index is 2.22. The lowest BCUT2D eigenvalue weighted by Crippen LogP contribution is -2.12. The Kier molecular flexibility index (Phi) is 1.99. The molecule has 1 aliphatic carbocycles. The van der Waals surface area contributed by atoms with Crippen molar-refractivity contribution < 1.29 is 9.52 Å². The zero-order valence-corrected chi connectivity index (χ0v) is 8.77. The van der Waals surface area contributed by atoms with Crippen LogP contribution in [0.3, 0.4) is 0 Å². The van der Waals surface area contributed by atoms with Crippen molar-refractivity contribution in [2.45, 2.75) is 25.2 Å². The van der Waals surface area contributed by atoms with E-state index in [0.717, 1.165) is 18.6 Å². The molecule has 0 atom stereocenters. The van der Waals surface area contributed by atoms with Gasteiger partial charge in [0, 0.05) is 12.0 Å². The highest BCUT2D eigenvalue weighted by Gasteiger charge is 2.22. The van der Waals surface area contributed by atoms with Gasteiger partial charge in [0.05, 0.1) is 5.39 Å². The molecule has 0 radical (unpaired) electrons. The minimum Gasteiger partial charge on any atom is -0.508 e. The molecule has 3 rings (SSSR count). The summed E-state index contributed by atoms with van der Waals surface area (Å²) in [7, 11) is 0. The van der Waals surface area contributed by atoms with Crippen LogP contribution in [-0.4, -0.2) is 5.11 Å². The molecule has 0 unspecified atom stereocenters. The van der Waals surface area contributed by atoms with Gasteiger partial charge in [0.2, 0.25) is 0 Å². The topological polar surface area (TPSA) is 50.4 Å². The van der Waals surface area contributed by atoms with E-state index in [2.05, 4.69) is 0 Å². The summed E-state index contributed by atoms with van der Waals surface area (Å²) in [4.78, 5) is 11.8. The highest BCUT2D eigenvalue weighted by Crippen LogP contribution is 2.36. The molecular formula is C13H12O3. The third-order valence-electron chi connectivity index (χ3n) is 3.24. The molecule has 1 saturated carbocycles. The summed E-state index contributed by atoms with van der Waals surface area (Å²) < 4.78 is 5.69. The van der Waals surface area contributed by atoms with Crippen molar-refractivity contribution in [2.75, 3.05) is 0 Å². The number of phenolic OH excluding ortho intramolecular Hbond substituents is 1. The fourth-order valence-electron chi connectivity index (χ4n) is 2.06. The SMILES string of the molecule is O=c1cc(C2CCC2)oc2ccc(O)cc12. The Morgan fingerprint density at radius 3 is 2.75 bits per heavy atom. The van der Waals surface area contributed by atoms with Crippen LogP contribution in [0.4, 0.5) is 0 Å². The van der Waals surface area contributed by atoms with E-state index >= 15 is 0 Å². The van der Waals surface area contributed by atoms with E-state index in [-0.39, 0.29) is 11.2 Å². The van der Waals surface area contributed by atoms with E-state index in [4.69, 9.17) is 4.42 Å². The highest BCUT2D eigenvalue weighted by molar-refractivity contribution is 5.78. The van der Waals surface area contributed by atoms with Crippen LogP contribution in [0.5, 0.6) is 5.75 Å². The van der Waals surface area contributed by atoms with Crippen LogP contribution < -0.4 is 5.43 Å². The predicted octanol–water partition coefficient (Wildman–Crippen LogP) is 2.77. The van der Waals surface area contributed by atoms with E-state index in [9.17, 15) is 9.90 Å². The number of fused-ring (bicyclic) bond motifs is 1. The minimum atomic E-state index is -0.0703. The third-order valence-corrected chi connectivity index (χ3v) is 3.24. The fraction of sp³-hybridized carbons (Fsp3) is 0.308. The first kappa shape index (κ1) is 9.46. The zero-order valence-electron chi connectivity index (χ0n) is 8.77. The Morgan fingerprint density at radius 1 is 1.25 bits per heavy atom. The monoisotopic (exact) mass is 216 g/mol. The molecule has 82 valence electrons. The molecule has 3 nitrogen and oxygen atoms in total. The summed E-state index contributed by atoms with van der Waals surface area (Å²) in [5.41, 5.74) is 0.492. The maximum Gasteiger partial charge on any atom is 0.193 e. The first-order valence-corrected chi connectivity index (χ1v) is 5.51. The van der Waals surface area contributed by atoms with E-state index in [1.54, 1.807) is 12.1 Å². The molecule has 16 heavy (non-hydrogen) atoms. The average Bonchev–Trinajstić information content (AvgIpc) is 2.17. The van der Waals surface area contributed by atoms with Gasteiger partial charge >= 0.3 is 0 Å². The van der Waals surface area contributed by atoms with E-state index in [1.165, 1.54) is 18.6 Å². The fourth-order valence-corrected chi connectivity index (χ4v) is 2.06. The third kappa shape index (κ3) is 1.40. The van der Waals surface area contributed by atoms with Crippen molar-refractivity contribution in [1.29, 1.82) is 0 Å². The Labute approximate surface area is 92.3 Å². The van der Waals surface area contributed by atoms with Crippen molar-refractivity contribution in [3.8, 4) is 5.75 Å². The Morgan fingerprint density at radius 2 is 2.06 bits per heavy atom. The van der Waals surface area contributed by atoms with Crippen molar-refractivity contribution in [2.24, 2.45) is 0 Å². The standard InChI is InChI=1S/C13H12O3/c14-9-4-5-12-10(6-9)11(15)7-13(16-12)8-2-1-3-8/h4-8,14H,1-3H2. The van der Waals surface area contributed by atoms with Crippen LogP contribution in [0.1, 0.15) is 30.9 Å². The van der Waals surface area contributed by atoms with Gasteiger partial charge in [-0.05, 0) is 31.0 Å². The first-order chi connectivity index (χ1) is 7.74. The second kappa shape index (κ2) is 3.37. The quantitative estimate of drug-likeness (QED) is 0.797. The molecule has 1 aromatic carbocycles. The lowest BCUT2D eigenvalue weighted by molar-refractivity contribution is 0.351. The normalized spacial score (nSPS) is 16.2. The van der Waals surface area contributed by atoms with Crippen molar-refractivity contribution >= 4 is 11.0 Å². The molecule has 1 heterocycles. The van der Waals surface area contributed by atoms with E-state index < -0.39 is 0 Å². The largest absolute Gasteiger partial charge is 0.508 e. The molecule has 0 bridgehead atoms. The van der Waals surface area contributed by atoms with Crippen LogP contribution in [0.2, 0.25) is 0 Å². The molecule has 1 N–H and O–H groups in total. The van der Waals surface area contributed by atoms with Gasteiger partial charge < -0.3 is 9.52 Å². The summed E-state index contributed by atoms with van der Waals surface area (Å²) in [5, 5.41) is 9.76. The number of benzene rings is 1. The van der Waals surface area contributed by atoms with Gasteiger partial charge in [-0.1, -0.05) is 6.42 Å². The second-order valence-corrected chi connectivity index (χ2v) is 4.32. The molecule has 1 aromatic heterocycles. The van der Waals surface area contributed by atoms with Crippen LogP contribution in [0.25, 0.3) is 11.0 Å². The molecular weight excluding hydrogens is 204 g/mol. The van der Waals surface area contributed by atoms with Crippen LogP contribution in [-0.2, 0) is 0 Å². The van der Waals surface area contributed by atoms with Gasteiger partial charge in [0.25, 0.3) is 0 Å². The number of aromatic hydroxyl groups is 1. The molecule has 1 aliphatic rings. The number of hydrogen-bond donors (Lipinski definition) is 1. The molecule has 0 amide bonds. The lowest BCUT2D eigenvalue weighted by atomic mass is 9.83. The zero-order chi connectivity index (χ0) is 11.1. The van der Waals surface area contributed by atoms with Crippen LogP contribution >= 0.6 is 0 Å². The van der Waals surface area contributed by atoms with Gasteiger partial charge in [-0.2, -0.15) is 0 Å². The molecule has 2 aromatic rings. The minimum absolute atomic E-state index is 0.0703. The van der Waals surface area contributed by atoms with Gasteiger partial charge in [0.1, 0.15) is 17.1 Å². The van der Waals surface area contributed by atoms with Gasteiger partial charge in [-0.15, -0.1) is 0 Å². The molecule has 0 saturated heterocycles. The van der Waals surface area contributed by atoms with Gasteiger partial charge in [-0.25, -0.2) is 0 Å². The van der Waals surface area contributed by atoms with E-state index in [1.807, 2.05) is 0 Å². The highest BCUT2D eigenvalue weighted by atomic mass is 16.3. The first-order valence-electron chi connectivity index (χ1n) is 5.51. The Hall–Kier alpha value is -1.77. The predicted molar refractivity (Wildman–Crippen MR) is 60.7 cm³/mol. The van der Waals surface area contributed by atoms with Gasteiger partial charge in [-0.3, -0.25) is 4.79 Å². The van der Waals surface area contributed by atoms with Gasteiger partial charge in [0.15, 0.2) is 5.43 Å². The molecule has 0 spiro atoms. The van der Waals surface area contributed by atoms with Crippen molar-refractivity contribution in [3.63, 3.8) is 0 Å². The maximum absolute atomic E-state index is 11.8. The second-order valence-electron chi connectivity index (χ2n) is 4.32. The Bertz CT molecular complexity index is 594. The lowest BCUT2D eigenvalue weighted by Gasteiger charge is -2.24. The summed E-state index contributed by atoms with van der Waals surface area (Å²) in [6.45, 7) is 0. The van der Waals surface area contributed by atoms with Crippen LogP contribution in [0.15, 0.2) is 33.5 Å². The van der Waals surface area contributed by atoms with Crippen molar-refractivity contribution in [1.82, 2.24) is 0 Å². The molecule has 3 heteroatoms. The summed E-state index contributed by atoms with van der Waals surface area (Å²) >= 11 is 0. The molecule has 1 fully saturated rings. The maximum atomic E-state index is 11.8. The number of hydrogen-bond acceptors (Lipinski definition) is 3. The summed E-state index contributed by atoms with van der Waals surface area (Å²) in [6.07, 6.45) is 3.42.